The highest BCUT2D eigenvalue weighted by Crippen LogP contribution is 2.35. The Labute approximate surface area is 234 Å². The zero-order valence-electron chi connectivity index (χ0n) is 22.3. The summed E-state index contributed by atoms with van der Waals surface area (Å²) in [6, 6.07) is 41.4. The molecule has 4 aromatic carbocycles. The molecule has 1 unspecified atom stereocenters. The Hall–Kier alpha value is -4.62. The smallest absolute Gasteiger partial charge is 0.224 e. The van der Waals surface area contributed by atoms with E-state index in [0.717, 1.165) is 17.7 Å². The Morgan fingerprint density at radius 3 is 1.70 bits per heavy atom. The highest BCUT2D eigenvalue weighted by atomic mass is 16.2. The minimum atomic E-state index is -0.293. The highest BCUT2D eigenvalue weighted by molar-refractivity contribution is 5.78. The Morgan fingerprint density at radius 2 is 1.23 bits per heavy atom. The number of hydrogen-bond donors (Lipinski definition) is 1. The number of H-pyrrole nitrogens is 1. The van der Waals surface area contributed by atoms with Crippen molar-refractivity contribution in [3.63, 3.8) is 0 Å². The molecule has 1 aliphatic heterocycles. The van der Waals surface area contributed by atoms with Crippen molar-refractivity contribution in [2.24, 2.45) is 0 Å². The maximum absolute atomic E-state index is 14.1. The van der Waals surface area contributed by atoms with Gasteiger partial charge < -0.3 is 4.90 Å². The molecule has 1 atom stereocenters. The van der Waals surface area contributed by atoms with Crippen molar-refractivity contribution < 1.29 is 4.79 Å². The number of tetrazole rings is 1. The van der Waals surface area contributed by atoms with E-state index in [1.165, 1.54) is 11.1 Å². The molecule has 200 valence electrons. The SMILES string of the molecule is O=C(CC(c1ccccc1)c1ccccc1)N1CCN(C(c2ccccc2)c2ccccc2)CC1c1nnn[nH]1. The summed E-state index contributed by atoms with van der Waals surface area (Å²) in [6.07, 6.45) is 0.368. The zero-order valence-corrected chi connectivity index (χ0v) is 22.3. The average Bonchev–Trinajstić information content (AvgIpc) is 3.57. The Balaban J connectivity index is 1.30. The molecule has 2 heterocycles. The number of benzene rings is 4. The number of amides is 1. The second kappa shape index (κ2) is 12.1. The molecule has 7 nitrogen and oxygen atoms in total. The van der Waals surface area contributed by atoms with Crippen LogP contribution < -0.4 is 0 Å². The maximum atomic E-state index is 14.1. The van der Waals surface area contributed by atoms with Gasteiger partial charge in [0, 0.05) is 32.0 Å². The summed E-state index contributed by atoms with van der Waals surface area (Å²) in [5.41, 5.74) is 4.70. The first-order chi connectivity index (χ1) is 19.8. The van der Waals surface area contributed by atoms with Gasteiger partial charge in [0.15, 0.2) is 5.82 Å². The van der Waals surface area contributed by atoms with Crippen molar-refractivity contribution in [3.8, 4) is 0 Å². The van der Waals surface area contributed by atoms with Gasteiger partial charge in [0.25, 0.3) is 0 Å². The van der Waals surface area contributed by atoms with Crippen LogP contribution in [-0.2, 0) is 4.79 Å². The second-order valence-electron chi connectivity index (χ2n) is 10.2. The molecule has 0 bridgehead atoms. The van der Waals surface area contributed by atoms with E-state index in [2.05, 4.69) is 98.3 Å². The number of aromatic amines is 1. The van der Waals surface area contributed by atoms with E-state index in [1.54, 1.807) is 0 Å². The van der Waals surface area contributed by atoms with Crippen molar-refractivity contribution >= 4 is 5.91 Å². The molecular weight excluding hydrogens is 496 g/mol. The molecule has 1 N–H and O–H groups in total. The number of piperazine rings is 1. The van der Waals surface area contributed by atoms with Gasteiger partial charge in [-0.3, -0.25) is 9.69 Å². The van der Waals surface area contributed by atoms with E-state index < -0.39 is 0 Å². The third-order valence-corrected chi connectivity index (χ3v) is 7.79. The number of nitrogens with zero attached hydrogens (tertiary/aromatic N) is 5. The monoisotopic (exact) mass is 528 g/mol. The molecule has 1 saturated heterocycles. The van der Waals surface area contributed by atoms with Gasteiger partial charge in [0.05, 0.1) is 6.04 Å². The molecule has 1 aliphatic rings. The van der Waals surface area contributed by atoms with E-state index in [-0.39, 0.29) is 23.9 Å². The molecular formula is C33H32N6O. The first kappa shape index (κ1) is 25.6. The van der Waals surface area contributed by atoms with Crippen LogP contribution in [0.3, 0.4) is 0 Å². The summed E-state index contributed by atoms with van der Waals surface area (Å²) in [5.74, 6) is 0.659. The molecule has 7 heteroatoms. The summed E-state index contributed by atoms with van der Waals surface area (Å²) in [5, 5.41) is 14.9. The fourth-order valence-corrected chi connectivity index (χ4v) is 5.85. The predicted octanol–water partition coefficient (Wildman–Crippen LogP) is 5.40. The fourth-order valence-electron chi connectivity index (χ4n) is 5.85. The first-order valence-corrected chi connectivity index (χ1v) is 13.7. The predicted molar refractivity (Wildman–Crippen MR) is 154 cm³/mol. The normalized spacial score (nSPS) is 15.9. The molecule has 0 radical (unpaired) electrons. The number of carbonyl (C=O) groups excluding carboxylic acids is 1. The molecule has 0 spiro atoms. The van der Waals surface area contributed by atoms with Gasteiger partial charge in [-0.05, 0) is 32.7 Å². The molecule has 1 aromatic heterocycles. The van der Waals surface area contributed by atoms with E-state index in [1.807, 2.05) is 53.4 Å². The summed E-state index contributed by atoms with van der Waals surface area (Å²) < 4.78 is 0. The van der Waals surface area contributed by atoms with Crippen LogP contribution in [0.25, 0.3) is 0 Å². The number of aromatic nitrogens is 4. The molecule has 0 saturated carbocycles. The molecule has 6 rings (SSSR count). The Bertz CT molecular complexity index is 1400. The quantitative estimate of drug-likeness (QED) is 0.292. The van der Waals surface area contributed by atoms with Gasteiger partial charge >= 0.3 is 0 Å². The van der Waals surface area contributed by atoms with Gasteiger partial charge in [0.1, 0.15) is 6.04 Å². The number of rotatable bonds is 8. The van der Waals surface area contributed by atoms with E-state index in [0.29, 0.717) is 25.3 Å². The lowest BCUT2D eigenvalue weighted by atomic mass is 9.87. The lowest BCUT2D eigenvalue weighted by molar-refractivity contribution is -0.137. The van der Waals surface area contributed by atoms with E-state index in [9.17, 15) is 4.79 Å². The molecule has 40 heavy (non-hydrogen) atoms. The third-order valence-electron chi connectivity index (χ3n) is 7.79. The zero-order chi connectivity index (χ0) is 27.1. The highest BCUT2D eigenvalue weighted by Gasteiger charge is 2.37. The standard InChI is InChI=1S/C33H32N6O/c40-31(23-29(25-13-5-1-6-14-25)26-15-7-2-8-16-26)39-22-21-38(24-30(39)33-34-36-37-35-33)32(27-17-9-3-10-18-27)28-19-11-4-12-20-28/h1-20,29-30,32H,21-24H2,(H,34,35,36,37). The topological polar surface area (TPSA) is 78.0 Å². The van der Waals surface area contributed by atoms with Gasteiger partial charge in [-0.2, -0.15) is 0 Å². The van der Waals surface area contributed by atoms with Crippen LogP contribution in [0.15, 0.2) is 121 Å². The van der Waals surface area contributed by atoms with Crippen LogP contribution in [0.1, 0.15) is 52.5 Å². The fraction of sp³-hybridized carbons (Fsp3) is 0.212. The molecule has 5 aromatic rings. The molecule has 1 fully saturated rings. The minimum absolute atomic E-state index is 0.0391. The summed E-state index contributed by atoms with van der Waals surface area (Å²) in [7, 11) is 0. The third kappa shape index (κ3) is 5.55. The van der Waals surface area contributed by atoms with Crippen molar-refractivity contribution in [3.05, 3.63) is 149 Å². The van der Waals surface area contributed by atoms with Crippen molar-refractivity contribution in [2.75, 3.05) is 19.6 Å². The average molecular weight is 529 g/mol. The van der Waals surface area contributed by atoms with E-state index >= 15 is 0 Å². The first-order valence-electron chi connectivity index (χ1n) is 13.7. The molecule has 1 amide bonds. The number of hydrogen-bond acceptors (Lipinski definition) is 5. The van der Waals surface area contributed by atoms with Gasteiger partial charge in [-0.1, -0.05) is 121 Å². The van der Waals surface area contributed by atoms with Gasteiger partial charge in [-0.15, -0.1) is 5.10 Å². The Morgan fingerprint density at radius 1 is 0.725 bits per heavy atom. The minimum Gasteiger partial charge on any atom is -0.330 e. The van der Waals surface area contributed by atoms with Crippen LogP contribution in [0.4, 0.5) is 0 Å². The van der Waals surface area contributed by atoms with Crippen molar-refractivity contribution in [1.82, 2.24) is 30.4 Å². The summed E-state index contributed by atoms with van der Waals surface area (Å²) in [4.78, 5) is 18.5. The number of nitrogens with one attached hydrogen (secondary N) is 1. The van der Waals surface area contributed by atoms with Crippen molar-refractivity contribution in [1.29, 1.82) is 0 Å². The van der Waals surface area contributed by atoms with Crippen LogP contribution in [0.5, 0.6) is 0 Å². The maximum Gasteiger partial charge on any atom is 0.224 e. The molecule has 0 aliphatic carbocycles. The lowest BCUT2D eigenvalue weighted by Gasteiger charge is -2.44. The van der Waals surface area contributed by atoms with Gasteiger partial charge in [0.2, 0.25) is 5.91 Å². The summed E-state index contributed by atoms with van der Waals surface area (Å²) in [6.45, 7) is 1.93. The van der Waals surface area contributed by atoms with Crippen molar-refractivity contribution in [2.45, 2.75) is 24.4 Å². The number of carbonyl (C=O) groups is 1. The largest absolute Gasteiger partial charge is 0.330 e. The van der Waals surface area contributed by atoms with Gasteiger partial charge in [-0.25, -0.2) is 5.10 Å². The van der Waals surface area contributed by atoms with E-state index in [4.69, 9.17) is 0 Å². The Kier molecular flexibility index (Phi) is 7.73. The lowest BCUT2D eigenvalue weighted by Crippen LogP contribution is -2.52. The van der Waals surface area contributed by atoms with Crippen LogP contribution in [0, 0.1) is 0 Å². The van der Waals surface area contributed by atoms with Crippen LogP contribution in [0.2, 0.25) is 0 Å². The summed E-state index contributed by atoms with van der Waals surface area (Å²) >= 11 is 0. The second-order valence-corrected chi connectivity index (χ2v) is 10.2. The van der Waals surface area contributed by atoms with Crippen LogP contribution in [-0.4, -0.2) is 56.0 Å². The van der Waals surface area contributed by atoms with Crippen LogP contribution >= 0.6 is 0 Å².